The minimum Gasteiger partial charge on any atom is -0.442 e. The molecular weight excluding hydrogens is 294 g/mol. The first-order chi connectivity index (χ1) is 10.8. The van der Waals surface area contributed by atoms with Gasteiger partial charge < -0.3 is 10.5 Å². The zero-order valence-electron chi connectivity index (χ0n) is 13.1. The van der Waals surface area contributed by atoms with E-state index in [1.54, 1.807) is 24.5 Å². The highest BCUT2D eigenvalue weighted by Gasteiger charge is 2.20. The standard InChI is InChI=1S/C16H17N5O2/c1-16(2,3)23-15(22)21-13-5-4-10(8-11(13)9-19-21)12-6-7-18-14(17)20-12/h4-9H,1-3H3,(H2,17,18,20). The fourth-order valence-electron chi connectivity index (χ4n) is 2.18. The number of carbonyl (C=O) groups is 1. The van der Waals surface area contributed by atoms with Gasteiger partial charge >= 0.3 is 6.09 Å². The summed E-state index contributed by atoms with van der Waals surface area (Å²) in [5.41, 5.74) is 7.29. The van der Waals surface area contributed by atoms with Gasteiger partial charge in [-0.3, -0.25) is 0 Å². The summed E-state index contributed by atoms with van der Waals surface area (Å²) < 4.78 is 6.59. The molecular formula is C16H17N5O2. The molecule has 3 rings (SSSR count). The van der Waals surface area contributed by atoms with Gasteiger partial charge in [-0.2, -0.15) is 9.78 Å². The fourth-order valence-corrected chi connectivity index (χ4v) is 2.18. The highest BCUT2D eigenvalue weighted by molar-refractivity contribution is 5.90. The van der Waals surface area contributed by atoms with Crippen LogP contribution in [0.1, 0.15) is 20.8 Å². The van der Waals surface area contributed by atoms with Gasteiger partial charge in [-0.15, -0.1) is 0 Å². The quantitative estimate of drug-likeness (QED) is 0.742. The van der Waals surface area contributed by atoms with E-state index in [9.17, 15) is 4.79 Å². The number of aromatic nitrogens is 4. The van der Waals surface area contributed by atoms with E-state index < -0.39 is 11.7 Å². The summed E-state index contributed by atoms with van der Waals surface area (Å²) in [6.07, 6.45) is 2.71. The van der Waals surface area contributed by atoms with Gasteiger partial charge in [0.1, 0.15) is 5.60 Å². The van der Waals surface area contributed by atoms with Gasteiger partial charge in [0.25, 0.3) is 0 Å². The molecule has 0 bridgehead atoms. The van der Waals surface area contributed by atoms with E-state index in [1.165, 1.54) is 4.68 Å². The summed E-state index contributed by atoms with van der Waals surface area (Å²) >= 11 is 0. The molecule has 1 aromatic carbocycles. The molecule has 0 fully saturated rings. The number of benzene rings is 1. The van der Waals surface area contributed by atoms with Crippen LogP contribution in [-0.4, -0.2) is 31.4 Å². The average molecular weight is 311 g/mol. The van der Waals surface area contributed by atoms with E-state index >= 15 is 0 Å². The van der Waals surface area contributed by atoms with Crippen molar-refractivity contribution in [2.24, 2.45) is 0 Å². The van der Waals surface area contributed by atoms with Crippen molar-refractivity contribution in [3.05, 3.63) is 36.7 Å². The van der Waals surface area contributed by atoms with Crippen molar-refractivity contribution >= 4 is 22.9 Å². The summed E-state index contributed by atoms with van der Waals surface area (Å²) in [6, 6.07) is 7.33. The predicted octanol–water partition coefficient (Wildman–Crippen LogP) is 2.86. The smallest absolute Gasteiger partial charge is 0.435 e. The van der Waals surface area contributed by atoms with Crippen LogP contribution < -0.4 is 5.73 Å². The molecule has 0 saturated carbocycles. The maximum Gasteiger partial charge on any atom is 0.435 e. The van der Waals surface area contributed by atoms with Crippen LogP contribution in [0, 0.1) is 0 Å². The van der Waals surface area contributed by atoms with Crippen LogP contribution in [0.2, 0.25) is 0 Å². The van der Waals surface area contributed by atoms with Crippen molar-refractivity contribution in [2.45, 2.75) is 26.4 Å². The first-order valence-corrected chi connectivity index (χ1v) is 7.13. The van der Waals surface area contributed by atoms with E-state index in [1.807, 2.05) is 32.9 Å². The molecule has 0 spiro atoms. The summed E-state index contributed by atoms with van der Waals surface area (Å²) in [5, 5.41) is 4.93. The number of carbonyl (C=O) groups excluding carboxylic acids is 1. The Morgan fingerprint density at radius 1 is 1.26 bits per heavy atom. The Kier molecular flexibility index (Phi) is 3.48. The van der Waals surface area contributed by atoms with Crippen LogP contribution in [0.25, 0.3) is 22.2 Å². The van der Waals surface area contributed by atoms with Crippen LogP contribution in [0.15, 0.2) is 36.7 Å². The van der Waals surface area contributed by atoms with Crippen molar-refractivity contribution < 1.29 is 9.53 Å². The van der Waals surface area contributed by atoms with Crippen LogP contribution >= 0.6 is 0 Å². The Morgan fingerprint density at radius 2 is 2.04 bits per heavy atom. The highest BCUT2D eigenvalue weighted by atomic mass is 16.6. The summed E-state index contributed by atoms with van der Waals surface area (Å²) in [7, 11) is 0. The Morgan fingerprint density at radius 3 is 2.74 bits per heavy atom. The van der Waals surface area contributed by atoms with E-state index in [2.05, 4.69) is 15.1 Å². The maximum atomic E-state index is 12.2. The average Bonchev–Trinajstić information content (AvgIpc) is 2.88. The lowest BCUT2D eigenvalue weighted by Crippen LogP contribution is -2.27. The monoisotopic (exact) mass is 311 g/mol. The normalized spacial score (nSPS) is 11.6. The molecule has 7 heteroatoms. The van der Waals surface area contributed by atoms with E-state index in [4.69, 9.17) is 10.5 Å². The summed E-state index contributed by atoms with van der Waals surface area (Å²) in [5.74, 6) is 0.215. The van der Waals surface area contributed by atoms with Gasteiger partial charge in [0.05, 0.1) is 17.4 Å². The zero-order valence-corrected chi connectivity index (χ0v) is 13.1. The van der Waals surface area contributed by atoms with Crippen LogP contribution in [0.3, 0.4) is 0 Å². The number of ether oxygens (including phenoxy) is 1. The van der Waals surface area contributed by atoms with Gasteiger partial charge in [0.15, 0.2) is 0 Å². The van der Waals surface area contributed by atoms with Crippen LogP contribution in [0.4, 0.5) is 10.7 Å². The highest BCUT2D eigenvalue weighted by Crippen LogP contribution is 2.23. The number of hydrogen-bond acceptors (Lipinski definition) is 6. The Bertz CT molecular complexity index is 880. The third-order valence-corrected chi connectivity index (χ3v) is 3.10. The Hall–Kier alpha value is -2.96. The molecule has 2 heterocycles. The lowest BCUT2D eigenvalue weighted by atomic mass is 10.1. The predicted molar refractivity (Wildman–Crippen MR) is 86.8 cm³/mol. The van der Waals surface area contributed by atoms with E-state index in [0.717, 1.165) is 10.9 Å². The van der Waals surface area contributed by atoms with Crippen molar-refractivity contribution in [1.82, 2.24) is 19.7 Å². The lowest BCUT2D eigenvalue weighted by molar-refractivity contribution is 0.0523. The number of nitrogen functional groups attached to an aromatic ring is 1. The molecule has 0 atom stereocenters. The molecule has 2 aromatic heterocycles. The summed E-state index contributed by atoms with van der Waals surface area (Å²) in [4.78, 5) is 20.2. The summed E-state index contributed by atoms with van der Waals surface area (Å²) in [6.45, 7) is 5.44. The second-order valence-electron chi connectivity index (χ2n) is 6.11. The largest absolute Gasteiger partial charge is 0.442 e. The second-order valence-corrected chi connectivity index (χ2v) is 6.11. The first kappa shape index (κ1) is 15.0. The van der Waals surface area contributed by atoms with Gasteiger partial charge in [0.2, 0.25) is 5.95 Å². The third kappa shape index (κ3) is 3.13. The molecule has 7 nitrogen and oxygen atoms in total. The van der Waals surface area contributed by atoms with Gasteiger partial charge in [-0.1, -0.05) is 6.07 Å². The van der Waals surface area contributed by atoms with Gasteiger partial charge in [-0.25, -0.2) is 14.8 Å². The molecule has 3 aromatic rings. The lowest BCUT2D eigenvalue weighted by Gasteiger charge is -2.19. The van der Waals surface area contributed by atoms with Gasteiger partial charge in [-0.05, 0) is 39.0 Å². The van der Waals surface area contributed by atoms with Crippen molar-refractivity contribution in [1.29, 1.82) is 0 Å². The molecule has 0 aliphatic heterocycles. The van der Waals surface area contributed by atoms with Crippen LogP contribution in [-0.2, 0) is 4.74 Å². The molecule has 0 aliphatic rings. The molecule has 0 amide bonds. The number of nitrogens with two attached hydrogens (primary N) is 1. The molecule has 2 N–H and O–H groups in total. The molecule has 0 saturated heterocycles. The Labute approximate surface area is 133 Å². The zero-order chi connectivity index (χ0) is 16.6. The minimum absolute atomic E-state index is 0.215. The number of rotatable bonds is 1. The van der Waals surface area contributed by atoms with Crippen molar-refractivity contribution in [3.63, 3.8) is 0 Å². The van der Waals surface area contributed by atoms with Crippen molar-refractivity contribution in [3.8, 4) is 11.3 Å². The van der Waals surface area contributed by atoms with Crippen LogP contribution in [0.5, 0.6) is 0 Å². The minimum atomic E-state index is -0.576. The number of anilines is 1. The van der Waals surface area contributed by atoms with Gasteiger partial charge in [0, 0.05) is 17.1 Å². The topological polar surface area (TPSA) is 95.9 Å². The molecule has 0 aliphatic carbocycles. The SMILES string of the molecule is CC(C)(C)OC(=O)n1ncc2cc(-c3ccnc(N)n3)ccc21. The molecule has 23 heavy (non-hydrogen) atoms. The Balaban J connectivity index is 1.99. The first-order valence-electron chi connectivity index (χ1n) is 7.13. The van der Waals surface area contributed by atoms with E-state index in [-0.39, 0.29) is 5.95 Å². The molecule has 118 valence electrons. The van der Waals surface area contributed by atoms with E-state index in [0.29, 0.717) is 11.2 Å². The molecule has 0 unspecified atom stereocenters. The molecule has 0 radical (unpaired) electrons. The number of fused-ring (bicyclic) bond motifs is 1. The maximum absolute atomic E-state index is 12.2. The number of nitrogens with zero attached hydrogens (tertiary/aromatic N) is 4. The third-order valence-electron chi connectivity index (χ3n) is 3.10. The second kappa shape index (κ2) is 5.35. The number of hydrogen-bond donors (Lipinski definition) is 1. The van der Waals surface area contributed by atoms with Crippen molar-refractivity contribution in [2.75, 3.05) is 5.73 Å². The fraction of sp³-hybridized carbons (Fsp3) is 0.250.